The number of aryl methyl sites for hydroxylation is 1. The molecule has 0 saturated heterocycles. The minimum absolute atomic E-state index is 0.0406. The highest BCUT2D eigenvalue weighted by Gasteiger charge is 2.05. The summed E-state index contributed by atoms with van der Waals surface area (Å²) in [4.78, 5) is 8.42. The molecule has 0 fully saturated rings. The van der Waals surface area contributed by atoms with Crippen LogP contribution in [0.15, 0.2) is 47.5 Å². The molecule has 0 spiro atoms. The average molecular weight is 372 g/mol. The first-order valence-corrected chi connectivity index (χ1v) is 8.79. The third-order valence-electron chi connectivity index (χ3n) is 3.99. The lowest BCUT2D eigenvalue weighted by atomic mass is 10.2. The second-order valence-corrected chi connectivity index (χ2v) is 6.17. The molecule has 0 aliphatic carbocycles. The zero-order valence-electron chi connectivity index (χ0n) is 15.8. The van der Waals surface area contributed by atoms with E-state index >= 15 is 0 Å². The van der Waals surface area contributed by atoms with Crippen LogP contribution in [0.1, 0.15) is 31.5 Å². The van der Waals surface area contributed by atoms with Gasteiger partial charge in [0, 0.05) is 30.7 Å². The Morgan fingerprint density at radius 2 is 2.22 bits per heavy atom. The second kappa shape index (κ2) is 10.3. The molecule has 2 aromatic rings. The van der Waals surface area contributed by atoms with Gasteiger partial charge in [0.15, 0.2) is 0 Å². The molecule has 27 heavy (non-hydrogen) atoms. The molecule has 1 heterocycles. The van der Waals surface area contributed by atoms with E-state index in [9.17, 15) is 4.39 Å². The minimum atomic E-state index is -0.266. The molecule has 0 unspecified atom stereocenters. The average Bonchev–Trinajstić information content (AvgIpc) is 2.69. The number of benzene rings is 1. The number of halogens is 1. The highest BCUT2D eigenvalue weighted by atomic mass is 19.1. The van der Waals surface area contributed by atoms with Crippen molar-refractivity contribution in [3.63, 3.8) is 0 Å². The van der Waals surface area contributed by atoms with E-state index in [0.717, 1.165) is 12.1 Å². The summed E-state index contributed by atoms with van der Waals surface area (Å²) in [5.41, 5.74) is 9.68. The lowest BCUT2D eigenvalue weighted by Gasteiger charge is -2.11. The van der Waals surface area contributed by atoms with E-state index in [1.165, 1.54) is 12.3 Å². The summed E-state index contributed by atoms with van der Waals surface area (Å²) < 4.78 is 18.8. The molecule has 144 valence electrons. The van der Waals surface area contributed by atoms with Crippen LogP contribution in [0.4, 0.5) is 10.1 Å². The number of hydrogen-bond donors (Lipinski definition) is 3. The van der Waals surface area contributed by atoms with E-state index in [2.05, 4.69) is 39.6 Å². The van der Waals surface area contributed by atoms with Crippen molar-refractivity contribution >= 4 is 5.69 Å². The van der Waals surface area contributed by atoms with Gasteiger partial charge in [0.25, 0.3) is 0 Å². The molecule has 0 amide bonds. The van der Waals surface area contributed by atoms with Gasteiger partial charge in [-0.3, -0.25) is 0 Å². The third-order valence-corrected chi connectivity index (χ3v) is 3.99. The van der Waals surface area contributed by atoms with Crippen molar-refractivity contribution in [3.8, 4) is 6.01 Å². The van der Waals surface area contributed by atoms with Gasteiger partial charge in [-0.1, -0.05) is 6.92 Å². The number of nitrogens with one attached hydrogen (secondary N) is 3. The molecular formula is C19H25FN6O. The Morgan fingerprint density at radius 1 is 1.41 bits per heavy atom. The molecule has 1 aromatic carbocycles. The first kappa shape index (κ1) is 20.4. The van der Waals surface area contributed by atoms with E-state index in [1.54, 1.807) is 25.3 Å². The quantitative estimate of drug-likeness (QED) is 0.544. The predicted molar refractivity (Wildman–Crippen MR) is 102 cm³/mol. The zero-order valence-corrected chi connectivity index (χ0v) is 15.8. The van der Waals surface area contributed by atoms with Gasteiger partial charge in [-0.2, -0.15) is 10.1 Å². The van der Waals surface area contributed by atoms with Crippen LogP contribution < -0.4 is 15.4 Å². The second-order valence-electron chi connectivity index (χ2n) is 6.17. The van der Waals surface area contributed by atoms with Crippen LogP contribution in [0, 0.1) is 18.3 Å². The normalized spacial score (nSPS) is 12.5. The standard InChI is InChI=1S/C19H25FN6O/c1-4-14(3)23-10-16-7-8-22-19(25-16)27-12-17(26-21)11-24-15-5-6-18(20)13(2)9-15/h5-9,11,14,21,23-24H,4,10,12H2,1-3H3/b17-11-,26-21?/t14-/m0/s1. The maximum absolute atomic E-state index is 13.3. The first-order chi connectivity index (χ1) is 13.0. The summed E-state index contributed by atoms with van der Waals surface area (Å²) in [6.07, 6.45) is 4.21. The molecule has 1 aromatic heterocycles. The lowest BCUT2D eigenvalue weighted by molar-refractivity contribution is 0.318. The first-order valence-electron chi connectivity index (χ1n) is 8.79. The fourth-order valence-electron chi connectivity index (χ4n) is 2.11. The minimum Gasteiger partial charge on any atom is -0.457 e. The van der Waals surface area contributed by atoms with E-state index in [-0.39, 0.29) is 18.4 Å². The number of rotatable bonds is 10. The van der Waals surface area contributed by atoms with Gasteiger partial charge in [0.1, 0.15) is 18.1 Å². The Balaban J connectivity index is 1.92. The Hall–Kier alpha value is -2.87. The van der Waals surface area contributed by atoms with E-state index in [0.29, 0.717) is 29.5 Å². The van der Waals surface area contributed by atoms with Crippen LogP contribution in [0.3, 0.4) is 0 Å². The highest BCUT2D eigenvalue weighted by Crippen LogP contribution is 2.14. The molecule has 0 radical (unpaired) electrons. The number of hydrogen-bond acceptors (Lipinski definition) is 7. The van der Waals surface area contributed by atoms with Crippen LogP contribution in [0.25, 0.3) is 0 Å². The Morgan fingerprint density at radius 3 is 2.93 bits per heavy atom. The molecule has 2 rings (SSSR count). The third kappa shape index (κ3) is 6.74. The van der Waals surface area contributed by atoms with Crippen molar-refractivity contribution < 1.29 is 9.13 Å². The van der Waals surface area contributed by atoms with Crippen LogP contribution in [0.2, 0.25) is 0 Å². The molecule has 0 aliphatic rings. The SMILES string of the molecule is CC[C@H](C)NCc1ccnc(OC/C(=C/Nc2ccc(F)c(C)c2)N=N)n1. The van der Waals surface area contributed by atoms with Crippen molar-refractivity contribution in [2.45, 2.75) is 39.8 Å². The van der Waals surface area contributed by atoms with Crippen LogP contribution in [-0.2, 0) is 6.54 Å². The summed E-state index contributed by atoms with van der Waals surface area (Å²) in [6, 6.07) is 7.12. The van der Waals surface area contributed by atoms with E-state index in [1.807, 2.05) is 6.07 Å². The Labute approximate surface area is 158 Å². The molecule has 8 heteroatoms. The van der Waals surface area contributed by atoms with Gasteiger partial charge in [0.2, 0.25) is 0 Å². The number of anilines is 1. The summed E-state index contributed by atoms with van der Waals surface area (Å²) in [5, 5.41) is 9.77. The monoisotopic (exact) mass is 372 g/mol. The van der Waals surface area contributed by atoms with Gasteiger partial charge in [-0.15, -0.1) is 0 Å². The Kier molecular flexibility index (Phi) is 7.81. The van der Waals surface area contributed by atoms with Crippen LogP contribution in [0.5, 0.6) is 6.01 Å². The molecular weight excluding hydrogens is 347 g/mol. The number of aromatic nitrogens is 2. The largest absolute Gasteiger partial charge is 0.457 e. The highest BCUT2D eigenvalue weighted by molar-refractivity contribution is 5.48. The van der Waals surface area contributed by atoms with E-state index in [4.69, 9.17) is 10.3 Å². The van der Waals surface area contributed by atoms with Gasteiger partial charge in [-0.25, -0.2) is 14.9 Å². The summed E-state index contributed by atoms with van der Waals surface area (Å²) in [7, 11) is 0. The number of nitrogens with zero attached hydrogens (tertiary/aromatic N) is 3. The number of ether oxygens (including phenoxy) is 1. The van der Waals surface area contributed by atoms with Gasteiger partial charge in [-0.05, 0) is 50.1 Å². The van der Waals surface area contributed by atoms with Gasteiger partial charge < -0.3 is 15.4 Å². The van der Waals surface area contributed by atoms with Crippen molar-refractivity contribution in [1.82, 2.24) is 15.3 Å². The zero-order chi connectivity index (χ0) is 19.6. The smallest absolute Gasteiger partial charge is 0.316 e. The van der Waals surface area contributed by atoms with Crippen molar-refractivity contribution in [2.75, 3.05) is 11.9 Å². The van der Waals surface area contributed by atoms with Crippen molar-refractivity contribution in [1.29, 1.82) is 5.53 Å². The van der Waals surface area contributed by atoms with Crippen molar-refractivity contribution in [2.24, 2.45) is 5.11 Å². The molecule has 7 nitrogen and oxygen atoms in total. The molecule has 3 N–H and O–H groups in total. The fraction of sp³-hybridized carbons (Fsp3) is 0.368. The topological polar surface area (TPSA) is 95.3 Å². The fourth-order valence-corrected chi connectivity index (χ4v) is 2.11. The van der Waals surface area contributed by atoms with Gasteiger partial charge in [0.05, 0.1) is 5.69 Å². The summed E-state index contributed by atoms with van der Waals surface area (Å²) in [5.74, 6) is -0.266. The molecule has 0 bridgehead atoms. The van der Waals surface area contributed by atoms with Gasteiger partial charge >= 0.3 is 6.01 Å². The van der Waals surface area contributed by atoms with Crippen LogP contribution >= 0.6 is 0 Å². The summed E-state index contributed by atoms with van der Waals surface area (Å²) in [6.45, 7) is 6.58. The molecule has 1 atom stereocenters. The van der Waals surface area contributed by atoms with E-state index < -0.39 is 0 Å². The van der Waals surface area contributed by atoms with Crippen molar-refractivity contribution in [3.05, 3.63) is 59.4 Å². The van der Waals surface area contributed by atoms with Crippen LogP contribution in [-0.4, -0.2) is 22.6 Å². The lowest BCUT2D eigenvalue weighted by Crippen LogP contribution is -2.25. The maximum atomic E-state index is 13.3. The molecule has 0 saturated carbocycles. The molecule has 0 aliphatic heterocycles. The Bertz CT molecular complexity index is 796. The summed E-state index contributed by atoms with van der Waals surface area (Å²) >= 11 is 0. The predicted octanol–water partition coefficient (Wildman–Crippen LogP) is 4.18. The maximum Gasteiger partial charge on any atom is 0.316 e.